The van der Waals surface area contributed by atoms with E-state index >= 15 is 0 Å². The van der Waals surface area contributed by atoms with Gasteiger partial charge in [0.2, 0.25) is 10.0 Å². The van der Waals surface area contributed by atoms with Crippen molar-refractivity contribution >= 4 is 21.7 Å². The van der Waals surface area contributed by atoms with Gasteiger partial charge in [-0.25, -0.2) is 13.4 Å². The van der Waals surface area contributed by atoms with Crippen LogP contribution in [0.15, 0.2) is 66.9 Å². The van der Waals surface area contributed by atoms with Crippen LogP contribution in [0.5, 0.6) is 0 Å². The molecule has 8 nitrogen and oxygen atoms in total. The second-order valence-corrected chi connectivity index (χ2v) is 9.76. The number of ether oxygens (including phenoxy) is 1. The molecule has 186 valence electrons. The van der Waals surface area contributed by atoms with E-state index in [1.807, 2.05) is 65.4 Å². The Kier molecular flexibility index (Phi) is 7.87. The summed E-state index contributed by atoms with van der Waals surface area (Å²) in [4.78, 5) is 22.7. The summed E-state index contributed by atoms with van der Waals surface area (Å²) >= 11 is 0. The maximum atomic E-state index is 11.6. The number of nitrogens with zero attached hydrogens (tertiary/aromatic N) is 3. The van der Waals surface area contributed by atoms with E-state index in [2.05, 4.69) is 0 Å². The number of amides is 1. The minimum atomic E-state index is -3.64. The van der Waals surface area contributed by atoms with Crippen LogP contribution < -0.4 is 9.62 Å². The number of anilines is 1. The van der Waals surface area contributed by atoms with Crippen molar-refractivity contribution in [3.8, 4) is 22.5 Å². The summed E-state index contributed by atoms with van der Waals surface area (Å²) in [7, 11) is -3.64. The SMILES string of the molecule is [2H]C([2H])C([2H])(C)N(CCCCOCC(=O)NS(C)(=O)=O)c1cnc(-c2ccccc2)c(-c2ccccc2)n1. The number of carbonyl (C=O) groups excluding carboxylic acids is 1. The van der Waals surface area contributed by atoms with E-state index in [4.69, 9.17) is 18.8 Å². The minimum absolute atomic E-state index is 0.193. The van der Waals surface area contributed by atoms with Crippen molar-refractivity contribution in [2.24, 2.45) is 0 Å². The molecule has 1 N–H and O–H groups in total. The zero-order chi connectivity index (χ0) is 27.8. The molecule has 0 saturated heterocycles. The average molecular weight is 500 g/mol. The van der Waals surface area contributed by atoms with Gasteiger partial charge >= 0.3 is 0 Å². The van der Waals surface area contributed by atoms with Gasteiger partial charge in [-0.3, -0.25) is 14.5 Å². The van der Waals surface area contributed by atoms with Gasteiger partial charge in [0.25, 0.3) is 5.91 Å². The lowest BCUT2D eigenvalue weighted by Crippen LogP contribution is -2.33. The lowest BCUT2D eigenvalue weighted by molar-refractivity contribution is -0.123. The third kappa shape index (κ3) is 8.15. The van der Waals surface area contributed by atoms with Crippen molar-refractivity contribution in [2.75, 3.05) is 30.9 Å². The van der Waals surface area contributed by atoms with Gasteiger partial charge in [0.15, 0.2) is 0 Å². The predicted octanol–water partition coefficient (Wildman–Crippen LogP) is 3.90. The van der Waals surface area contributed by atoms with Crippen molar-refractivity contribution in [1.29, 1.82) is 0 Å². The van der Waals surface area contributed by atoms with Crippen molar-refractivity contribution in [3.63, 3.8) is 0 Å². The van der Waals surface area contributed by atoms with Gasteiger partial charge in [0.1, 0.15) is 12.4 Å². The number of rotatable bonds is 12. The molecule has 1 heterocycles. The molecule has 0 aliphatic rings. The molecule has 1 unspecified atom stereocenters. The van der Waals surface area contributed by atoms with Crippen LogP contribution in [-0.2, 0) is 19.6 Å². The Labute approximate surface area is 211 Å². The first kappa shape index (κ1) is 22.2. The first-order valence-electron chi connectivity index (χ1n) is 12.8. The van der Waals surface area contributed by atoms with Gasteiger partial charge in [0, 0.05) is 33.0 Å². The number of hydrogen-bond acceptors (Lipinski definition) is 7. The highest BCUT2D eigenvalue weighted by molar-refractivity contribution is 7.89. The van der Waals surface area contributed by atoms with Crippen LogP contribution in [0.2, 0.25) is 0 Å². The van der Waals surface area contributed by atoms with Gasteiger partial charge in [0.05, 0.1) is 25.2 Å². The summed E-state index contributed by atoms with van der Waals surface area (Å²) in [6, 6.07) is 17.6. The van der Waals surface area contributed by atoms with E-state index in [0.29, 0.717) is 36.6 Å². The summed E-state index contributed by atoms with van der Waals surface area (Å²) < 4.78 is 54.0. The molecule has 0 fully saturated rings. The molecular weight excluding hydrogens is 464 g/mol. The van der Waals surface area contributed by atoms with E-state index in [1.54, 1.807) is 11.1 Å². The Balaban J connectivity index is 1.81. The van der Waals surface area contributed by atoms with Gasteiger partial charge in [-0.05, 0) is 26.6 Å². The molecule has 1 aromatic heterocycles. The molecule has 1 amide bonds. The molecule has 0 saturated carbocycles. The lowest BCUT2D eigenvalue weighted by atomic mass is 10.0. The Hall–Kier alpha value is -3.30. The number of nitrogens with one attached hydrogen (secondary N) is 1. The van der Waals surface area contributed by atoms with Gasteiger partial charge in [-0.1, -0.05) is 60.7 Å². The monoisotopic (exact) mass is 499 g/mol. The predicted molar refractivity (Wildman–Crippen MR) is 138 cm³/mol. The summed E-state index contributed by atoms with van der Waals surface area (Å²) in [6.45, 7) is 0.105. The van der Waals surface area contributed by atoms with E-state index in [1.165, 1.54) is 6.92 Å². The molecule has 3 aromatic rings. The molecular formula is C26H32N4O4S. The molecule has 0 bridgehead atoms. The molecule has 0 aliphatic heterocycles. The quantitative estimate of drug-likeness (QED) is 0.377. The largest absolute Gasteiger partial charge is 0.372 e. The highest BCUT2D eigenvalue weighted by Gasteiger charge is 2.17. The molecule has 0 radical (unpaired) electrons. The zero-order valence-corrected chi connectivity index (χ0v) is 20.7. The van der Waals surface area contributed by atoms with Crippen molar-refractivity contribution in [2.45, 2.75) is 32.7 Å². The normalized spacial score (nSPS) is 14.4. The molecule has 3 rings (SSSR count). The fraction of sp³-hybridized carbons (Fsp3) is 0.346. The Bertz CT molecular complexity index is 1310. The highest BCUT2D eigenvalue weighted by atomic mass is 32.2. The number of hydrogen-bond donors (Lipinski definition) is 1. The van der Waals surface area contributed by atoms with Crippen LogP contribution in [0, 0.1) is 0 Å². The molecule has 2 aromatic carbocycles. The van der Waals surface area contributed by atoms with Crippen molar-refractivity contribution < 1.29 is 22.1 Å². The second kappa shape index (κ2) is 12.4. The summed E-state index contributed by atoms with van der Waals surface area (Å²) in [5.74, 6) is -0.375. The highest BCUT2D eigenvalue weighted by Crippen LogP contribution is 2.30. The molecule has 0 aliphatic carbocycles. The zero-order valence-electron chi connectivity index (χ0n) is 22.8. The smallest absolute Gasteiger partial charge is 0.259 e. The van der Waals surface area contributed by atoms with Gasteiger partial charge in [-0.15, -0.1) is 0 Å². The Morgan fingerprint density at radius 1 is 1.09 bits per heavy atom. The standard InChI is InChI=1S/C26H32N4O4S/c1-20(2)30(16-10-11-17-34-19-24(31)29-35(3,32)33)23-18-27-25(21-12-6-4-7-13-21)26(28-23)22-14-8-5-9-15-22/h4-9,12-15,18,20H,10-11,16-17,19H2,1-3H3,(H,29,31)/i1D2,20D. The van der Waals surface area contributed by atoms with Crippen LogP contribution in [0.25, 0.3) is 22.5 Å². The van der Waals surface area contributed by atoms with Gasteiger partial charge in [-0.2, -0.15) is 0 Å². The van der Waals surface area contributed by atoms with Crippen molar-refractivity contribution in [1.82, 2.24) is 14.7 Å². The third-order valence-corrected chi connectivity index (χ3v) is 5.61. The van der Waals surface area contributed by atoms with E-state index in [9.17, 15) is 13.2 Å². The van der Waals surface area contributed by atoms with Crippen molar-refractivity contribution in [3.05, 3.63) is 66.9 Å². The van der Waals surface area contributed by atoms with E-state index in [-0.39, 0.29) is 13.2 Å². The fourth-order valence-electron chi connectivity index (χ4n) is 3.46. The third-order valence-electron chi connectivity index (χ3n) is 5.01. The van der Waals surface area contributed by atoms with Crippen LogP contribution >= 0.6 is 0 Å². The molecule has 0 spiro atoms. The van der Waals surface area contributed by atoms with Crippen LogP contribution in [0.3, 0.4) is 0 Å². The first-order chi connectivity index (χ1) is 18.0. The maximum absolute atomic E-state index is 11.6. The average Bonchev–Trinajstić information content (AvgIpc) is 2.87. The van der Waals surface area contributed by atoms with Crippen LogP contribution in [-0.4, -0.2) is 56.3 Å². The first-order valence-corrected chi connectivity index (χ1v) is 13.1. The maximum Gasteiger partial charge on any atom is 0.259 e. The second-order valence-electron chi connectivity index (χ2n) is 8.01. The molecule has 9 heteroatoms. The van der Waals surface area contributed by atoms with E-state index < -0.39 is 28.8 Å². The minimum Gasteiger partial charge on any atom is -0.372 e. The summed E-state index contributed by atoms with van der Waals surface area (Å²) in [6.07, 6.45) is 3.47. The number of benzene rings is 2. The lowest BCUT2D eigenvalue weighted by Gasteiger charge is -2.28. The van der Waals surface area contributed by atoms with Crippen LogP contribution in [0.4, 0.5) is 5.82 Å². The van der Waals surface area contributed by atoms with Crippen LogP contribution in [0.1, 0.15) is 30.8 Å². The molecule has 35 heavy (non-hydrogen) atoms. The summed E-state index contributed by atoms with van der Waals surface area (Å²) in [5, 5.41) is 0. The molecule has 1 atom stereocenters. The fourth-order valence-corrected chi connectivity index (χ4v) is 3.93. The topological polar surface area (TPSA) is 101 Å². The number of carbonyl (C=O) groups is 1. The number of aromatic nitrogens is 2. The summed E-state index contributed by atoms with van der Waals surface area (Å²) in [5.41, 5.74) is 3.05. The van der Waals surface area contributed by atoms with E-state index in [0.717, 1.165) is 17.4 Å². The Morgan fingerprint density at radius 3 is 2.31 bits per heavy atom. The van der Waals surface area contributed by atoms with Gasteiger partial charge < -0.3 is 9.64 Å². The number of sulfonamides is 1. The number of unbranched alkanes of at least 4 members (excludes halogenated alkanes) is 1. The Morgan fingerprint density at radius 2 is 1.71 bits per heavy atom.